The Kier molecular flexibility index (Phi) is 3.78. The topological polar surface area (TPSA) is 46.9 Å². The first-order valence-electron chi connectivity index (χ1n) is 5.92. The average molecular weight is 283 g/mol. The summed E-state index contributed by atoms with van der Waals surface area (Å²) in [5, 5.41) is 6.50. The van der Waals surface area contributed by atoms with Gasteiger partial charge in [-0.1, -0.05) is 0 Å². The number of halogens is 3. The highest BCUT2D eigenvalue weighted by Gasteiger charge is 2.30. The Hall–Kier alpha value is -2.31. The molecule has 0 radical (unpaired) electrons. The van der Waals surface area contributed by atoms with Crippen LogP contribution in [0.1, 0.15) is 23.0 Å². The van der Waals surface area contributed by atoms with E-state index in [9.17, 15) is 18.0 Å². The van der Waals surface area contributed by atoms with Gasteiger partial charge in [-0.2, -0.15) is 18.3 Å². The number of hydrogen-bond donors (Lipinski definition) is 1. The van der Waals surface area contributed by atoms with Gasteiger partial charge in [0, 0.05) is 18.4 Å². The van der Waals surface area contributed by atoms with Gasteiger partial charge in [0.05, 0.1) is 5.56 Å². The van der Waals surface area contributed by atoms with E-state index in [0.717, 1.165) is 12.1 Å². The monoisotopic (exact) mass is 283 g/mol. The Balaban J connectivity index is 2.08. The van der Waals surface area contributed by atoms with E-state index in [4.69, 9.17) is 0 Å². The molecule has 106 valence electrons. The first kappa shape index (κ1) is 14.1. The molecule has 1 aromatic carbocycles. The Bertz CT molecular complexity index is 602. The molecule has 0 unspecified atom stereocenters. The normalized spacial score (nSPS) is 11.4. The first-order chi connectivity index (χ1) is 9.40. The number of alkyl halides is 3. The van der Waals surface area contributed by atoms with Crippen LogP contribution in [0.2, 0.25) is 0 Å². The van der Waals surface area contributed by atoms with Crippen molar-refractivity contribution in [3.05, 3.63) is 47.8 Å². The van der Waals surface area contributed by atoms with Crippen molar-refractivity contribution >= 4 is 11.6 Å². The fraction of sp³-hybridized carbons (Fsp3) is 0.231. The van der Waals surface area contributed by atoms with Gasteiger partial charge in [0.15, 0.2) is 5.69 Å². The molecule has 0 saturated heterocycles. The summed E-state index contributed by atoms with van der Waals surface area (Å²) in [5.74, 6) is -0.461. The van der Waals surface area contributed by atoms with Gasteiger partial charge in [-0.05, 0) is 37.3 Å². The second-order valence-electron chi connectivity index (χ2n) is 4.09. The van der Waals surface area contributed by atoms with Crippen molar-refractivity contribution in [2.45, 2.75) is 19.6 Å². The fourth-order valence-corrected chi connectivity index (χ4v) is 1.60. The van der Waals surface area contributed by atoms with E-state index in [1.54, 1.807) is 16.9 Å². The number of carbonyl (C=O) groups is 1. The molecule has 0 saturated carbocycles. The van der Waals surface area contributed by atoms with Crippen LogP contribution in [0.25, 0.3) is 0 Å². The Morgan fingerprint density at radius 3 is 2.40 bits per heavy atom. The number of benzene rings is 1. The SMILES string of the molecule is CCn1ccc(C(=O)Nc2ccc(C(F)(F)F)cc2)n1. The summed E-state index contributed by atoms with van der Waals surface area (Å²) in [6.07, 6.45) is -2.73. The van der Waals surface area contributed by atoms with E-state index in [1.807, 2.05) is 6.92 Å². The number of carbonyl (C=O) groups excluding carboxylic acids is 1. The maximum Gasteiger partial charge on any atom is 0.416 e. The highest BCUT2D eigenvalue weighted by Crippen LogP contribution is 2.29. The lowest BCUT2D eigenvalue weighted by Crippen LogP contribution is -2.13. The first-order valence-corrected chi connectivity index (χ1v) is 5.92. The van der Waals surface area contributed by atoms with Crippen molar-refractivity contribution in [1.29, 1.82) is 0 Å². The molecule has 0 bridgehead atoms. The van der Waals surface area contributed by atoms with E-state index in [0.29, 0.717) is 6.54 Å². The van der Waals surface area contributed by atoms with Gasteiger partial charge in [0.25, 0.3) is 5.91 Å². The van der Waals surface area contributed by atoms with Gasteiger partial charge in [-0.15, -0.1) is 0 Å². The number of nitrogens with one attached hydrogen (secondary N) is 1. The molecule has 20 heavy (non-hydrogen) atoms. The second kappa shape index (κ2) is 5.36. The Morgan fingerprint density at radius 1 is 1.25 bits per heavy atom. The third-order valence-corrected chi connectivity index (χ3v) is 2.67. The number of amides is 1. The van der Waals surface area contributed by atoms with Crippen molar-refractivity contribution < 1.29 is 18.0 Å². The Morgan fingerprint density at radius 2 is 1.90 bits per heavy atom. The molecule has 0 fully saturated rings. The maximum absolute atomic E-state index is 12.4. The molecule has 0 spiro atoms. The molecule has 1 heterocycles. The minimum atomic E-state index is -4.39. The molecule has 2 rings (SSSR count). The lowest BCUT2D eigenvalue weighted by molar-refractivity contribution is -0.137. The van der Waals surface area contributed by atoms with E-state index in [-0.39, 0.29) is 11.4 Å². The molecule has 0 aliphatic carbocycles. The minimum absolute atomic E-state index is 0.215. The zero-order valence-electron chi connectivity index (χ0n) is 10.6. The summed E-state index contributed by atoms with van der Waals surface area (Å²) in [4.78, 5) is 11.8. The predicted octanol–water partition coefficient (Wildman–Crippen LogP) is 3.17. The number of nitrogens with zero attached hydrogens (tertiary/aromatic N) is 2. The van der Waals surface area contributed by atoms with Crippen LogP contribution >= 0.6 is 0 Å². The van der Waals surface area contributed by atoms with Crippen molar-refractivity contribution in [1.82, 2.24) is 9.78 Å². The zero-order chi connectivity index (χ0) is 14.8. The van der Waals surface area contributed by atoms with Crippen LogP contribution < -0.4 is 5.32 Å². The quantitative estimate of drug-likeness (QED) is 0.940. The molecule has 0 aliphatic heterocycles. The lowest BCUT2D eigenvalue weighted by Gasteiger charge is -2.08. The van der Waals surface area contributed by atoms with Gasteiger partial charge >= 0.3 is 6.18 Å². The molecule has 1 aromatic heterocycles. The summed E-state index contributed by atoms with van der Waals surface area (Å²) in [7, 11) is 0. The van der Waals surface area contributed by atoms with E-state index in [2.05, 4.69) is 10.4 Å². The number of aryl methyl sites for hydroxylation is 1. The van der Waals surface area contributed by atoms with Crippen molar-refractivity contribution in [3.63, 3.8) is 0 Å². The molecule has 1 N–H and O–H groups in total. The van der Waals surface area contributed by atoms with Crippen LogP contribution in [0.5, 0.6) is 0 Å². The van der Waals surface area contributed by atoms with Crippen molar-refractivity contribution in [3.8, 4) is 0 Å². The highest BCUT2D eigenvalue weighted by molar-refractivity contribution is 6.02. The molecule has 0 aliphatic rings. The summed E-state index contributed by atoms with van der Waals surface area (Å²) in [6.45, 7) is 2.51. The fourth-order valence-electron chi connectivity index (χ4n) is 1.60. The molecular formula is C13H12F3N3O. The Labute approximate surface area is 113 Å². The maximum atomic E-state index is 12.4. The molecule has 4 nitrogen and oxygen atoms in total. The van der Waals surface area contributed by atoms with Crippen molar-refractivity contribution in [2.75, 3.05) is 5.32 Å². The molecule has 7 heteroatoms. The van der Waals surface area contributed by atoms with Gasteiger partial charge in [0.1, 0.15) is 0 Å². The number of anilines is 1. The minimum Gasteiger partial charge on any atom is -0.321 e. The molecular weight excluding hydrogens is 271 g/mol. The van der Waals surface area contributed by atoms with Crippen LogP contribution in [0.4, 0.5) is 18.9 Å². The number of hydrogen-bond acceptors (Lipinski definition) is 2. The van der Waals surface area contributed by atoms with Gasteiger partial charge in [-0.3, -0.25) is 9.48 Å². The second-order valence-corrected chi connectivity index (χ2v) is 4.09. The van der Waals surface area contributed by atoms with Gasteiger partial charge < -0.3 is 5.32 Å². The molecule has 0 atom stereocenters. The van der Waals surface area contributed by atoms with Crippen LogP contribution in [0.3, 0.4) is 0 Å². The van der Waals surface area contributed by atoms with Crippen LogP contribution in [-0.4, -0.2) is 15.7 Å². The predicted molar refractivity (Wildman–Crippen MR) is 67.3 cm³/mol. The number of aromatic nitrogens is 2. The van der Waals surface area contributed by atoms with Crippen molar-refractivity contribution in [2.24, 2.45) is 0 Å². The van der Waals surface area contributed by atoms with E-state index < -0.39 is 17.6 Å². The third-order valence-electron chi connectivity index (χ3n) is 2.67. The third kappa shape index (κ3) is 3.17. The van der Waals surface area contributed by atoms with Crippen LogP contribution in [0, 0.1) is 0 Å². The standard InChI is InChI=1S/C13H12F3N3O/c1-2-19-8-7-11(18-19)12(20)17-10-5-3-9(4-6-10)13(14,15)16/h3-8H,2H2,1H3,(H,17,20). The van der Waals surface area contributed by atoms with E-state index in [1.165, 1.54) is 12.1 Å². The zero-order valence-corrected chi connectivity index (χ0v) is 10.6. The average Bonchev–Trinajstić information content (AvgIpc) is 2.87. The summed E-state index contributed by atoms with van der Waals surface area (Å²) < 4.78 is 38.8. The van der Waals surface area contributed by atoms with Crippen LogP contribution in [-0.2, 0) is 12.7 Å². The summed E-state index contributed by atoms with van der Waals surface area (Å²) in [5.41, 5.74) is -0.258. The van der Waals surface area contributed by atoms with E-state index >= 15 is 0 Å². The number of rotatable bonds is 3. The smallest absolute Gasteiger partial charge is 0.321 e. The summed E-state index contributed by atoms with van der Waals surface area (Å²) >= 11 is 0. The van der Waals surface area contributed by atoms with Gasteiger partial charge in [-0.25, -0.2) is 0 Å². The van der Waals surface area contributed by atoms with Crippen LogP contribution in [0.15, 0.2) is 36.5 Å². The van der Waals surface area contributed by atoms with Gasteiger partial charge in [0.2, 0.25) is 0 Å². The lowest BCUT2D eigenvalue weighted by atomic mass is 10.2. The molecule has 1 amide bonds. The largest absolute Gasteiger partial charge is 0.416 e. The molecule has 2 aromatic rings. The highest BCUT2D eigenvalue weighted by atomic mass is 19.4. The summed E-state index contributed by atoms with van der Waals surface area (Å²) in [6, 6.07) is 5.79.